The van der Waals surface area contributed by atoms with Crippen molar-refractivity contribution in [3.8, 4) is 5.75 Å². The summed E-state index contributed by atoms with van der Waals surface area (Å²) in [5.74, 6) is -0.0814. The van der Waals surface area contributed by atoms with Gasteiger partial charge in [0.15, 0.2) is 0 Å². The van der Waals surface area contributed by atoms with E-state index in [-0.39, 0.29) is 24.8 Å². The maximum atomic E-state index is 13.0. The number of aromatic nitrogens is 3. The van der Waals surface area contributed by atoms with Crippen LogP contribution in [0.25, 0.3) is 0 Å². The van der Waals surface area contributed by atoms with E-state index in [1.807, 2.05) is 6.92 Å². The fraction of sp³-hybridized carbons (Fsp3) is 0.250. The summed E-state index contributed by atoms with van der Waals surface area (Å²) in [6.45, 7) is -1.65. The van der Waals surface area contributed by atoms with Gasteiger partial charge in [-0.2, -0.15) is 13.8 Å². The van der Waals surface area contributed by atoms with Gasteiger partial charge in [0, 0.05) is 10.7 Å². The van der Waals surface area contributed by atoms with Gasteiger partial charge in [-0.25, -0.2) is 14.2 Å². The van der Waals surface area contributed by atoms with E-state index in [1.54, 1.807) is 18.2 Å². The number of benzene rings is 2. The van der Waals surface area contributed by atoms with Gasteiger partial charge in [0.2, 0.25) is 5.95 Å². The normalized spacial score (nSPS) is 11.0. The van der Waals surface area contributed by atoms with Crippen LogP contribution in [-0.2, 0) is 13.1 Å². The van der Waals surface area contributed by atoms with Crippen molar-refractivity contribution in [3.05, 3.63) is 79.6 Å². The minimum Gasteiger partial charge on any atom is -0.435 e. The molecule has 0 aliphatic rings. The number of ether oxygens (including phenoxy) is 1. The number of rotatable bonds is 8. The molecule has 3 aromatic rings. The summed E-state index contributed by atoms with van der Waals surface area (Å²) < 4.78 is 31.0. The molecule has 0 fully saturated rings. The zero-order chi connectivity index (χ0) is 22.5. The van der Waals surface area contributed by atoms with E-state index >= 15 is 0 Å². The predicted molar refractivity (Wildman–Crippen MR) is 111 cm³/mol. The molecule has 0 atom stereocenters. The molecule has 8 nitrogen and oxygen atoms in total. The lowest BCUT2D eigenvalue weighted by Gasteiger charge is -2.16. The molecular formula is C20H19ClF2N4O4. The summed E-state index contributed by atoms with van der Waals surface area (Å²) >= 11 is 6.00. The molecule has 0 saturated heterocycles. The average molecular weight is 453 g/mol. The summed E-state index contributed by atoms with van der Waals surface area (Å²) in [5.41, 5.74) is 0.506. The van der Waals surface area contributed by atoms with E-state index in [2.05, 4.69) is 15.0 Å². The fourth-order valence-electron chi connectivity index (χ4n) is 2.91. The molecule has 164 valence electrons. The first-order valence-electron chi connectivity index (χ1n) is 9.18. The van der Waals surface area contributed by atoms with Crippen LogP contribution >= 0.6 is 11.6 Å². The van der Waals surface area contributed by atoms with E-state index in [0.717, 1.165) is 15.7 Å². The Bertz CT molecular complexity index is 1180. The molecule has 1 aromatic heterocycles. The van der Waals surface area contributed by atoms with Crippen LogP contribution in [0.2, 0.25) is 5.02 Å². The highest BCUT2D eigenvalue weighted by Crippen LogP contribution is 2.21. The molecule has 2 N–H and O–H groups in total. The van der Waals surface area contributed by atoms with E-state index in [4.69, 9.17) is 11.6 Å². The Labute approximate surface area is 180 Å². The summed E-state index contributed by atoms with van der Waals surface area (Å²) in [7, 11) is 0. The maximum absolute atomic E-state index is 13.0. The SMILES string of the molecule is Cc1cc(Cl)ccc1Cn1c(Nc2ccc(OC(F)F)cc2)nc(=O)n(CCO)c1=O. The van der Waals surface area contributed by atoms with Crippen molar-refractivity contribution in [1.29, 1.82) is 0 Å². The first-order chi connectivity index (χ1) is 14.8. The first-order valence-corrected chi connectivity index (χ1v) is 9.55. The van der Waals surface area contributed by atoms with Gasteiger partial charge in [-0.15, -0.1) is 0 Å². The summed E-state index contributed by atoms with van der Waals surface area (Å²) in [6.07, 6.45) is 0. The van der Waals surface area contributed by atoms with Gasteiger partial charge in [0.05, 0.1) is 19.7 Å². The molecule has 3 rings (SSSR count). The molecule has 0 unspecified atom stereocenters. The van der Waals surface area contributed by atoms with Gasteiger partial charge in [0.1, 0.15) is 5.75 Å². The van der Waals surface area contributed by atoms with Crippen molar-refractivity contribution in [2.75, 3.05) is 11.9 Å². The lowest BCUT2D eigenvalue weighted by atomic mass is 10.1. The second kappa shape index (κ2) is 9.71. The zero-order valence-corrected chi connectivity index (χ0v) is 17.1. The molecule has 0 amide bonds. The van der Waals surface area contributed by atoms with Crippen LogP contribution in [0.4, 0.5) is 20.4 Å². The van der Waals surface area contributed by atoms with Crippen molar-refractivity contribution < 1.29 is 18.6 Å². The highest BCUT2D eigenvalue weighted by Gasteiger charge is 2.15. The van der Waals surface area contributed by atoms with Gasteiger partial charge in [-0.05, 0) is 54.4 Å². The Kier molecular flexibility index (Phi) is 7.03. The second-order valence-corrected chi connectivity index (χ2v) is 7.00. The highest BCUT2D eigenvalue weighted by atomic mass is 35.5. The summed E-state index contributed by atoms with van der Waals surface area (Å²) in [4.78, 5) is 29.2. The lowest BCUT2D eigenvalue weighted by Crippen LogP contribution is -2.43. The number of nitrogens with one attached hydrogen (secondary N) is 1. The largest absolute Gasteiger partial charge is 0.435 e. The third-order valence-corrected chi connectivity index (χ3v) is 4.68. The van der Waals surface area contributed by atoms with Crippen LogP contribution in [0.3, 0.4) is 0 Å². The van der Waals surface area contributed by atoms with Gasteiger partial charge < -0.3 is 15.2 Å². The molecule has 0 spiro atoms. The van der Waals surface area contributed by atoms with Crippen LogP contribution in [0.1, 0.15) is 11.1 Å². The third kappa shape index (κ3) is 5.47. The second-order valence-electron chi connectivity index (χ2n) is 6.56. The standard InChI is InChI=1S/C20H19ClF2N4O4/c1-12-10-14(21)3-2-13(12)11-27-18(25-19(29)26(8-9-28)20(27)30)24-15-4-6-16(7-5-15)31-17(22)23/h2-7,10,17,28H,8-9,11H2,1H3,(H,24,25,29). The van der Waals surface area contributed by atoms with Crippen LogP contribution in [0, 0.1) is 6.92 Å². The molecule has 1 heterocycles. The molecule has 0 bridgehead atoms. The number of alkyl halides is 2. The number of anilines is 2. The monoisotopic (exact) mass is 452 g/mol. The topological polar surface area (TPSA) is 98.4 Å². The number of aliphatic hydroxyl groups excluding tert-OH is 1. The van der Waals surface area contributed by atoms with Crippen molar-refractivity contribution >= 4 is 23.2 Å². The van der Waals surface area contributed by atoms with Crippen molar-refractivity contribution in [2.24, 2.45) is 0 Å². The molecule has 0 saturated carbocycles. The Morgan fingerprint density at radius 3 is 2.48 bits per heavy atom. The van der Waals surface area contributed by atoms with E-state index in [1.165, 1.54) is 28.8 Å². The maximum Gasteiger partial charge on any atom is 0.387 e. The number of hydrogen-bond donors (Lipinski definition) is 2. The lowest BCUT2D eigenvalue weighted by molar-refractivity contribution is -0.0498. The first kappa shape index (κ1) is 22.4. The quantitative estimate of drug-likeness (QED) is 0.545. The van der Waals surface area contributed by atoms with Gasteiger partial charge >= 0.3 is 18.0 Å². The highest BCUT2D eigenvalue weighted by molar-refractivity contribution is 6.30. The van der Waals surface area contributed by atoms with E-state index in [0.29, 0.717) is 10.7 Å². The molecule has 0 aliphatic carbocycles. The number of halogens is 3. The fourth-order valence-corrected chi connectivity index (χ4v) is 3.14. The zero-order valence-electron chi connectivity index (χ0n) is 16.4. The van der Waals surface area contributed by atoms with Crippen molar-refractivity contribution in [1.82, 2.24) is 14.1 Å². The van der Waals surface area contributed by atoms with Crippen LogP contribution in [0.15, 0.2) is 52.1 Å². The van der Waals surface area contributed by atoms with Gasteiger partial charge in [0.25, 0.3) is 0 Å². The van der Waals surface area contributed by atoms with Crippen LogP contribution in [-0.4, -0.2) is 32.4 Å². The molecule has 0 radical (unpaired) electrons. The number of nitrogens with zero attached hydrogens (tertiary/aromatic N) is 3. The summed E-state index contributed by atoms with van der Waals surface area (Å²) in [6, 6.07) is 10.7. The smallest absolute Gasteiger partial charge is 0.387 e. The molecule has 31 heavy (non-hydrogen) atoms. The van der Waals surface area contributed by atoms with Crippen LogP contribution < -0.4 is 21.4 Å². The van der Waals surface area contributed by atoms with Gasteiger partial charge in [-0.1, -0.05) is 17.7 Å². The Morgan fingerprint density at radius 1 is 1.16 bits per heavy atom. The van der Waals surface area contributed by atoms with Gasteiger partial charge in [-0.3, -0.25) is 4.57 Å². The average Bonchev–Trinajstić information content (AvgIpc) is 2.70. The number of hydrogen-bond acceptors (Lipinski definition) is 6. The van der Waals surface area contributed by atoms with E-state index in [9.17, 15) is 23.5 Å². The number of aryl methyl sites for hydroxylation is 1. The number of aliphatic hydroxyl groups is 1. The molecule has 0 aliphatic heterocycles. The molecule has 2 aromatic carbocycles. The third-order valence-electron chi connectivity index (χ3n) is 4.44. The minimum absolute atomic E-state index is 0.0407. The molecular weight excluding hydrogens is 434 g/mol. The predicted octanol–water partition coefficient (Wildman–Crippen LogP) is 2.75. The Morgan fingerprint density at radius 2 is 1.87 bits per heavy atom. The molecule has 11 heteroatoms. The summed E-state index contributed by atoms with van der Waals surface area (Å²) in [5, 5.41) is 12.6. The minimum atomic E-state index is -2.95. The van der Waals surface area contributed by atoms with Crippen molar-refractivity contribution in [2.45, 2.75) is 26.6 Å². The Balaban J connectivity index is 2.02. The van der Waals surface area contributed by atoms with E-state index < -0.39 is 24.6 Å². The Hall–Kier alpha value is -3.24. The van der Waals surface area contributed by atoms with Crippen LogP contribution in [0.5, 0.6) is 5.75 Å². The van der Waals surface area contributed by atoms with Crippen molar-refractivity contribution in [3.63, 3.8) is 0 Å².